The van der Waals surface area contributed by atoms with Crippen molar-refractivity contribution in [1.29, 1.82) is 0 Å². The van der Waals surface area contributed by atoms with Crippen molar-refractivity contribution in [2.45, 2.75) is 33.2 Å². The second-order valence-electron chi connectivity index (χ2n) is 4.70. The molecule has 4 heteroatoms. The van der Waals surface area contributed by atoms with Crippen LogP contribution in [-0.2, 0) is 0 Å². The number of hydrogen-bond acceptors (Lipinski definition) is 3. The monoisotopic (exact) mass is 294 g/mol. The van der Waals surface area contributed by atoms with Gasteiger partial charge in [0.1, 0.15) is 0 Å². The summed E-state index contributed by atoms with van der Waals surface area (Å²) in [6.07, 6.45) is 1.11. The molecule has 0 amide bonds. The van der Waals surface area contributed by atoms with E-state index in [1.54, 1.807) is 11.3 Å². The molecular weight excluding hydrogens is 276 g/mol. The van der Waals surface area contributed by atoms with Crippen LogP contribution in [0.4, 0.5) is 0 Å². The lowest BCUT2D eigenvalue weighted by atomic mass is 10.0. The van der Waals surface area contributed by atoms with Crippen LogP contribution in [0.2, 0.25) is 5.02 Å². The molecule has 0 fully saturated rings. The van der Waals surface area contributed by atoms with Gasteiger partial charge in [0.05, 0.1) is 17.2 Å². The lowest BCUT2D eigenvalue weighted by Crippen LogP contribution is -2.23. The van der Waals surface area contributed by atoms with Crippen molar-refractivity contribution in [1.82, 2.24) is 10.3 Å². The minimum Gasteiger partial charge on any atom is -0.306 e. The summed E-state index contributed by atoms with van der Waals surface area (Å²) >= 11 is 7.95. The number of nitrogens with one attached hydrogen (secondary N) is 1. The highest BCUT2D eigenvalue weighted by Crippen LogP contribution is 2.30. The topological polar surface area (TPSA) is 24.9 Å². The Hall–Kier alpha value is -0.900. The lowest BCUT2D eigenvalue weighted by Gasteiger charge is -2.19. The van der Waals surface area contributed by atoms with Crippen LogP contribution in [0.1, 0.15) is 41.1 Å². The summed E-state index contributed by atoms with van der Waals surface area (Å²) in [5, 5.41) is 4.41. The molecule has 1 atom stereocenters. The second-order valence-corrected chi connectivity index (χ2v) is 5.99. The zero-order chi connectivity index (χ0) is 13.8. The highest BCUT2D eigenvalue weighted by atomic mass is 35.5. The predicted molar refractivity (Wildman–Crippen MR) is 83.2 cm³/mol. The summed E-state index contributed by atoms with van der Waals surface area (Å²) in [4.78, 5) is 5.63. The average molecular weight is 295 g/mol. The van der Waals surface area contributed by atoms with Crippen LogP contribution in [0.25, 0.3) is 0 Å². The van der Waals surface area contributed by atoms with E-state index in [2.05, 4.69) is 42.3 Å². The van der Waals surface area contributed by atoms with Crippen molar-refractivity contribution in [3.05, 3.63) is 50.4 Å². The molecule has 102 valence electrons. The van der Waals surface area contributed by atoms with E-state index in [1.165, 1.54) is 10.4 Å². The molecule has 2 rings (SSSR count). The van der Waals surface area contributed by atoms with E-state index in [-0.39, 0.29) is 6.04 Å². The highest BCUT2D eigenvalue weighted by molar-refractivity contribution is 7.09. The van der Waals surface area contributed by atoms with Crippen LogP contribution in [0, 0.1) is 13.8 Å². The smallest absolute Gasteiger partial charge is 0.0798 e. The van der Waals surface area contributed by atoms with E-state index >= 15 is 0 Å². The quantitative estimate of drug-likeness (QED) is 0.878. The van der Waals surface area contributed by atoms with Gasteiger partial charge in [-0.05, 0) is 44.0 Å². The van der Waals surface area contributed by atoms with Crippen LogP contribution < -0.4 is 5.32 Å². The maximum Gasteiger partial charge on any atom is 0.0798 e. The van der Waals surface area contributed by atoms with Crippen LogP contribution >= 0.6 is 22.9 Å². The van der Waals surface area contributed by atoms with Crippen molar-refractivity contribution < 1.29 is 0 Å². The van der Waals surface area contributed by atoms with Gasteiger partial charge in [-0.2, -0.15) is 0 Å². The third-order valence-corrected chi connectivity index (χ3v) is 4.58. The lowest BCUT2D eigenvalue weighted by molar-refractivity contribution is 0.602. The fraction of sp³-hybridized carbons (Fsp3) is 0.400. The molecule has 2 nitrogen and oxygen atoms in total. The second kappa shape index (κ2) is 6.51. The summed E-state index contributed by atoms with van der Waals surface area (Å²) in [6, 6.07) is 6.47. The minimum atomic E-state index is 0.186. The van der Waals surface area contributed by atoms with E-state index in [0.29, 0.717) is 0 Å². The van der Waals surface area contributed by atoms with Crippen LogP contribution in [0.15, 0.2) is 23.7 Å². The summed E-state index contributed by atoms with van der Waals surface area (Å²) in [5.41, 5.74) is 5.31. The minimum absolute atomic E-state index is 0.186. The molecule has 0 radical (unpaired) electrons. The zero-order valence-electron chi connectivity index (χ0n) is 11.5. The SMILES string of the molecule is CCCNC(c1ccc(C)c(Cl)c1)c1scnc1C. The Labute approximate surface area is 123 Å². The Morgan fingerprint density at radius 2 is 2.16 bits per heavy atom. The number of benzene rings is 1. The van der Waals surface area contributed by atoms with Gasteiger partial charge >= 0.3 is 0 Å². The first kappa shape index (κ1) is 14.5. The van der Waals surface area contributed by atoms with Crippen molar-refractivity contribution in [2.24, 2.45) is 0 Å². The molecule has 2 aromatic rings. The molecule has 0 aliphatic rings. The van der Waals surface area contributed by atoms with Gasteiger partial charge in [0.25, 0.3) is 0 Å². The maximum atomic E-state index is 6.25. The normalized spacial score (nSPS) is 12.6. The molecule has 1 aromatic heterocycles. The first-order chi connectivity index (χ1) is 9.13. The number of nitrogens with zero attached hydrogens (tertiary/aromatic N) is 1. The van der Waals surface area contributed by atoms with Gasteiger partial charge in [0.15, 0.2) is 0 Å². The molecule has 0 bridgehead atoms. The number of aryl methyl sites for hydroxylation is 2. The third-order valence-electron chi connectivity index (χ3n) is 3.17. The molecule has 1 unspecified atom stereocenters. The van der Waals surface area contributed by atoms with Crippen molar-refractivity contribution in [3.63, 3.8) is 0 Å². The predicted octanol–water partition coefficient (Wildman–Crippen LogP) is 4.50. The van der Waals surface area contributed by atoms with Crippen LogP contribution in [-0.4, -0.2) is 11.5 Å². The number of aromatic nitrogens is 1. The van der Waals surface area contributed by atoms with E-state index < -0.39 is 0 Å². The van der Waals surface area contributed by atoms with E-state index in [4.69, 9.17) is 11.6 Å². The zero-order valence-corrected chi connectivity index (χ0v) is 13.1. The fourth-order valence-corrected chi connectivity index (χ4v) is 3.12. The van der Waals surface area contributed by atoms with Gasteiger partial charge in [-0.1, -0.05) is 30.7 Å². The number of hydrogen-bond donors (Lipinski definition) is 1. The Kier molecular flexibility index (Phi) is 4.97. The van der Waals surface area contributed by atoms with Crippen molar-refractivity contribution in [2.75, 3.05) is 6.54 Å². The molecule has 0 spiro atoms. The molecule has 0 aliphatic heterocycles. The summed E-state index contributed by atoms with van der Waals surface area (Å²) in [7, 11) is 0. The first-order valence-electron chi connectivity index (χ1n) is 6.53. The van der Waals surface area contributed by atoms with E-state index in [1.807, 2.05) is 12.4 Å². The number of rotatable bonds is 5. The Morgan fingerprint density at radius 3 is 2.74 bits per heavy atom. The molecule has 0 aliphatic carbocycles. The summed E-state index contributed by atoms with van der Waals surface area (Å²) in [5.74, 6) is 0. The van der Waals surface area contributed by atoms with Crippen LogP contribution in [0.5, 0.6) is 0 Å². The third kappa shape index (κ3) is 3.35. The van der Waals surface area contributed by atoms with E-state index in [9.17, 15) is 0 Å². The van der Waals surface area contributed by atoms with Gasteiger partial charge in [-0.15, -0.1) is 11.3 Å². The van der Waals surface area contributed by atoms with Crippen LogP contribution in [0.3, 0.4) is 0 Å². The standard InChI is InChI=1S/C15H19ClN2S/c1-4-7-17-14(15-11(3)18-9-19-15)12-6-5-10(2)13(16)8-12/h5-6,8-9,14,17H,4,7H2,1-3H3. The van der Waals surface area contributed by atoms with E-state index in [0.717, 1.165) is 29.2 Å². The Morgan fingerprint density at radius 1 is 1.37 bits per heavy atom. The van der Waals surface area contributed by atoms with Gasteiger partial charge in [0.2, 0.25) is 0 Å². The summed E-state index contributed by atoms with van der Waals surface area (Å²) < 4.78 is 0. The highest BCUT2D eigenvalue weighted by Gasteiger charge is 2.18. The molecule has 1 N–H and O–H groups in total. The molecule has 0 saturated heterocycles. The Balaban J connectivity index is 2.37. The van der Waals surface area contributed by atoms with Crippen molar-refractivity contribution in [3.8, 4) is 0 Å². The molecular formula is C15H19ClN2S. The number of halogens is 1. The number of thiazole rings is 1. The summed E-state index contributed by atoms with van der Waals surface area (Å²) in [6.45, 7) is 7.24. The molecule has 0 saturated carbocycles. The van der Waals surface area contributed by atoms with Gasteiger partial charge < -0.3 is 5.32 Å². The van der Waals surface area contributed by atoms with Gasteiger partial charge in [-0.25, -0.2) is 4.98 Å². The van der Waals surface area contributed by atoms with Crippen molar-refractivity contribution >= 4 is 22.9 Å². The average Bonchev–Trinajstić information content (AvgIpc) is 2.80. The molecule has 19 heavy (non-hydrogen) atoms. The molecule has 1 aromatic carbocycles. The van der Waals surface area contributed by atoms with Gasteiger partial charge in [-0.3, -0.25) is 0 Å². The molecule has 1 heterocycles. The largest absolute Gasteiger partial charge is 0.306 e. The fourth-order valence-electron chi connectivity index (χ4n) is 2.03. The van der Waals surface area contributed by atoms with Gasteiger partial charge in [0, 0.05) is 9.90 Å². The first-order valence-corrected chi connectivity index (χ1v) is 7.78. The Bertz CT molecular complexity index is 551. The maximum absolute atomic E-state index is 6.25.